The third-order valence-electron chi connectivity index (χ3n) is 1.99. The minimum atomic E-state index is -0.211. The minimum absolute atomic E-state index is 0.211. The summed E-state index contributed by atoms with van der Waals surface area (Å²) in [4.78, 5) is 9.82. The highest BCUT2D eigenvalue weighted by molar-refractivity contribution is 5.65. The molecular weight excluding hydrogens is 200 g/mol. The molecule has 1 aromatic rings. The average Bonchev–Trinajstić information content (AvgIpc) is 2.18. The molecule has 0 aliphatic rings. The van der Waals surface area contributed by atoms with E-state index in [4.69, 9.17) is 0 Å². The number of hydrogen-bond acceptors (Lipinski definition) is 2. The van der Waals surface area contributed by atoms with Gasteiger partial charge in [0.2, 0.25) is 0 Å². The summed E-state index contributed by atoms with van der Waals surface area (Å²) < 4.78 is 4.40. The van der Waals surface area contributed by atoms with Crippen LogP contribution in [-0.2, 0) is 14.9 Å². The first-order chi connectivity index (χ1) is 7.38. The van der Waals surface area contributed by atoms with E-state index in [0.717, 1.165) is 0 Å². The van der Waals surface area contributed by atoms with Gasteiger partial charge >= 0.3 is 5.97 Å². The molecule has 0 aliphatic carbocycles. The van der Waals surface area contributed by atoms with Crippen molar-refractivity contribution in [3.63, 3.8) is 0 Å². The van der Waals surface area contributed by atoms with Gasteiger partial charge in [-0.25, -0.2) is 0 Å². The lowest BCUT2D eigenvalue weighted by Crippen LogP contribution is -2.10. The van der Waals surface area contributed by atoms with Gasteiger partial charge in [-0.05, 0) is 17.9 Å². The maximum absolute atomic E-state index is 9.82. The zero-order chi connectivity index (χ0) is 12.6. The van der Waals surface area contributed by atoms with Crippen LogP contribution in [0.15, 0.2) is 30.3 Å². The quantitative estimate of drug-likeness (QED) is 0.679. The molecule has 2 nitrogen and oxygen atoms in total. The first-order valence-electron chi connectivity index (χ1n) is 5.56. The van der Waals surface area contributed by atoms with Crippen LogP contribution in [0.5, 0.6) is 0 Å². The van der Waals surface area contributed by atoms with Crippen molar-refractivity contribution in [3.05, 3.63) is 35.9 Å². The summed E-state index contributed by atoms with van der Waals surface area (Å²) in [6, 6.07) is 10.6. The molecule has 0 heterocycles. The Labute approximate surface area is 98.6 Å². The van der Waals surface area contributed by atoms with E-state index >= 15 is 0 Å². The molecule has 16 heavy (non-hydrogen) atoms. The molecule has 0 atom stereocenters. The van der Waals surface area contributed by atoms with E-state index in [2.05, 4.69) is 55.8 Å². The first kappa shape index (κ1) is 14.7. The molecule has 0 fully saturated rings. The Hall–Kier alpha value is -1.31. The van der Waals surface area contributed by atoms with Crippen molar-refractivity contribution in [1.29, 1.82) is 0 Å². The van der Waals surface area contributed by atoms with Crippen LogP contribution in [0, 0.1) is 0 Å². The van der Waals surface area contributed by atoms with Crippen molar-refractivity contribution >= 4 is 5.97 Å². The van der Waals surface area contributed by atoms with Crippen LogP contribution >= 0.6 is 0 Å². The van der Waals surface area contributed by atoms with Crippen LogP contribution in [0.1, 0.15) is 40.2 Å². The Kier molecular flexibility index (Phi) is 6.47. The van der Waals surface area contributed by atoms with Gasteiger partial charge in [0.1, 0.15) is 0 Å². The molecule has 90 valence electrons. The van der Waals surface area contributed by atoms with Gasteiger partial charge < -0.3 is 4.74 Å². The second-order valence-corrected chi connectivity index (χ2v) is 4.54. The number of carbonyl (C=O) groups excluding carboxylic acids is 1. The van der Waals surface area contributed by atoms with E-state index in [9.17, 15) is 4.79 Å². The number of hydrogen-bond donors (Lipinski definition) is 0. The van der Waals surface area contributed by atoms with Gasteiger partial charge in [-0.15, -0.1) is 0 Å². The fourth-order valence-corrected chi connectivity index (χ4v) is 1.14. The Morgan fingerprint density at radius 1 is 1.19 bits per heavy atom. The fraction of sp³-hybridized carbons (Fsp3) is 0.500. The summed E-state index contributed by atoms with van der Waals surface area (Å²) in [6.07, 6.45) is 0. The summed E-state index contributed by atoms with van der Waals surface area (Å²) >= 11 is 0. The lowest BCUT2D eigenvalue weighted by molar-refractivity contribution is -0.140. The number of esters is 1. The summed E-state index contributed by atoms with van der Waals surface area (Å²) in [5.74, 6) is -0.211. The topological polar surface area (TPSA) is 26.3 Å². The van der Waals surface area contributed by atoms with Gasteiger partial charge in [-0.3, -0.25) is 4.79 Å². The van der Waals surface area contributed by atoms with E-state index < -0.39 is 0 Å². The molecule has 0 saturated carbocycles. The Morgan fingerprint density at radius 3 is 1.88 bits per heavy atom. The lowest BCUT2D eigenvalue weighted by Gasteiger charge is -2.18. The predicted octanol–water partition coefficient (Wildman–Crippen LogP) is 3.55. The molecule has 1 rings (SSSR count). The van der Waals surface area contributed by atoms with E-state index in [0.29, 0.717) is 12.0 Å². The molecule has 0 aromatic heterocycles. The highest BCUT2D eigenvalue weighted by Gasteiger charge is 2.11. The predicted molar refractivity (Wildman–Crippen MR) is 67.4 cm³/mol. The van der Waals surface area contributed by atoms with Gasteiger partial charge in [0.25, 0.3) is 0 Å². The van der Waals surface area contributed by atoms with Gasteiger partial charge in [0, 0.05) is 6.92 Å². The monoisotopic (exact) mass is 222 g/mol. The number of ether oxygens (including phenoxy) is 1. The smallest absolute Gasteiger partial charge is 0.302 e. The molecule has 1 aromatic carbocycles. The van der Waals surface area contributed by atoms with Gasteiger partial charge in [0.15, 0.2) is 0 Å². The van der Waals surface area contributed by atoms with Gasteiger partial charge in [0.05, 0.1) is 6.61 Å². The molecular formula is C14H22O2. The fourth-order valence-electron chi connectivity index (χ4n) is 1.14. The van der Waals surface area contributed by atoms with Crippen molar-refractivity contribution in [3.8, 4) is 0 Å². The second kappa shape index (κ2) is 7.04. The van der Waals surface area contributed by atoms with Crippen molar-refractivity contribution in [2.75, 3.05) is 6.61 Å². The molecule has 0 amide bonds. The SMILES string of the molecule is CC(C)(C)c1ccccc1.CCOC(C)=O. The minimum Gasteiger partial charge on any atom is -0.466 e. The van der Waals surface area contributed by atoms with E-state index in [1.165, 1.54) is 12.5 Å². The van der Waals surface area contributed by atoms with Crippen LogP contribution < -0.4 is 0 Å². The Morgan fingerprint density at radius 2 is 1.69 bits per heavy atom. The summed E-state index contributed by atoms with van der Waals surface area (Å²) in [5, 5.41) is 0. The average molecular weight is 222 g/mol. The summed E-state index contributed by atoms with van der Waals surface area (Å²) in [5.41, 5.74) is 1.69. The van der Waals surface area contributed by atoms with Gasteiger partial charge in [-0.2, -0.15) is 0 Å². The van der Waals surface area contributed by atoms with Crippen molar-refractivity contribution < 1.29 is 9.53 Å². The molecule has 0 aliphatic heterocycles. The second-order valence-electron chi connectivity index (χ2n) is 4.54. The molecule has 0 N–H and O–H groups in total. The van der Waals surface area contributed by atoms with Crippen LogP contribution in [0.25, 0.3) is 0 Å². The Balaban J connectivity index is 0.000000325. The van der Waals surface area contributed by atoms with E-state index in [1.807, 2.05) is 0 Å². The van der Waals surface area contributed by atoms with Crippen LogP contribution in [-0.4, -0.2) is 12.6 Å². The maximum Gasteiger partial charge on any atom is 0.302 e. The van der Waals surface area contributed by atoms with Crippen molar-refractivity contribution in [2.45, 2.75) is 40.0 Å². The summed E-state index contributed by atoms with van der Waals surface area (Å²) in [6.45, 7) is 10.3. The van der Waals surface area contributed by atoms with Gasteiger partial charge in [-0.1, -0.05) is 51.1 Å². The molecule has 0 bridgehead atoms. The third-order valence-corrected chi connectivity index (χ3v) is 1.99. The van der Waals surface area contributed by atoms with Crippen LogP contribution in [0.3, 0.4) is 0 Å². The van der Waals surface area contributed by atoms with Crippen LogP contribution in [0.2, 0.25) is 0 Å². The first-order valence-corrected chi connectivity index (χ1v) is 5.56. The third kappa shape index (κ3) is 7.04. The normalized spacial score (nSPS) is 10.1. The molecule has 0 spiro atoms. The highest BCUT2D eigenvalue weighted by Crippen LogP contribution is 2.20. The lowest BCUT2D eigenvalue weighted by atomic mass is 9.87. The number of rotatable bonds is 1. The molecule has 0 radical (unpaired) electrons. The molecule has 0 saturated heterocycles. The summed E-state index contributed by atoms with van der Waals surface area (Å²) in [7, 11) is 0. The van der Waals surface area contributed by atoms with Crippen molar-refractivity contribution in [1.82, 2.24) is 0 Å². The Bertz CT molecular complexity index is 296. The highest BCUT2D eigenvalue weighted by atomic mass is 16.5. The zero-order valence-electron chi connectivity index (χ0n) is 10.9. The van der Waals surface area contributed by atoms with Crippen molar-refractivity contribution in [2.24, 2.45) is 0 Å². The largest absolute Gasteiger partial charge is 0.466 e. The number of carbonyl (C=O) groups is 1. The van der Waals surface area contributed by atoms with E-state index in [-0.39, 0.29) is 5.97 Å². The van der Waals surface area contributed by atoms with E-state index in [1.54, 1.807) is 6.92 Å². The molecule has 0 unspecified atom stereocenters. The van der Waals surface area contributed by atoms with Crippen LogP contribution in [0.4, 0.5) is 0 Å². The number of benzene rings is 1. The molecule has 2 heteroatoms. The zero-order valence-corrected chi connectivity index (χ0v) is 10.9. The maximum atomic E-state index is 9.82. The standard InChI is InChI=1S/C10H14.C4H8O2/c1-10(2,3)9-7-5-4-6-8-9;1-3-6-4(2)5/h4-8H,1-3H3;3H2,1-2H3.